The second-order valence-corrected chi connectivity index (χ2v) is 6.63. The van der Waals surface area contributed by atoms with Gasteiger partial charge in [-0.05, 0) is 37.5 Å². The zero-order chi connectivity index (χ0) is 14.0. The minimum absolute atomic E-state index is 0.184. The van der Waals surface area contributed by atoms with Crippen LogP contribution in [0.1, 0.15) is 24.8 Å². The number of carboxylic acids is 1. The van der Waals surface area contributed by atoms with E-state index in [1.165, 1.54) is 6.07 Å². The molecule has 0 aliphatic heterocycles. The zero-order valence-electron chi connectivity index (χ0n) is 10.7. The number of carboxylic acid groups (broad SMARTS) is 1. The second-order valence-electron chi connectivity index (χ2n) is 4.92. The lowest BCUT2D eigenvalue weighted by atomic mass is 10.1. The molecule has 0 heterocycles. The lowest BCUT2D eigenvalue weighted by Crippen LogP contribution is -2.40. The molecule has 2 unspecified atom stereocenters. The Labute approximate surface area is 112 Å². The first kappa shape index (κ1) is 14.0. The standard InChI is InChI=1S/C13H17NO4S/c1-9-4-2-5-10(8-9)19(17,18)14-12-7-3-6-11(12)13(15)16/h2,4-5,8,11-12,14H,3,6-7H2,1H3,(H,15,16). The molecule has 1 fully saturated rings. The highest BCUT2D eigenvalue weighted by Crippen LogP contribution is 2.27. The molecule has 0 spiro atoms. The highest BCUT2D eigenvalue weighted by atomic mass is 32.2. The summed E-state index contributed by atoms with van der Waals surface area (Å²) in [5, 5.41) is 9.06. The van der Waals surface area contributed by atoms with Crippen molar-refractivity contribution >= 4 is 16.0 Å². The van der Waals surface area contributed by atoms with Gasteiger partial charge >= 0.3 is 5.97 Å². The van der Waals surface area contributed by atoms with Crippen molar-refractivity contribution in [3.8, 4) is 0 Å². The van der Waals surface area contributed by atoms with Crippen molar-refractivity contribution in [2.24, 2.45) is 5.92 Å². The molecule has 104 valence electrons. The van der Waals surface area contributed by atoms with E-state index in [1.54, 1.807) is 12.1 Å². The normalized spacial score (nSPS) is 23.4. The maximum Gasteiger partial charge on any atom is 0.308 e. The van der Waals surface area contributed by atoms with Gasteiger partial charge in [0.25, 0.3) is 0 Å². The Morgan fingerprint density at radius 1 is 1.37 bits per heavy atom. The summed E-state index contributed by atoms with van der Waals surface area (Å²) in [6.07, 6.45) is 1.83. The zero-order valence-corrected chi connectivity index (χ0v) is 11.5. The lowest BCUT2D eigenvalue weighted by Gasteiger charge is -2.17. The van der Waals surface area contributed by atoms with Crippen LogP contribution in [-0.4, -0.2) is 25.5 Å². The largest absolute Gasteiger partial charge is 0.481 e. The number of hydrogen-bond acceptors (Lipinski definition) is 3. The van der Waals surface area contributed by atoms with E-state index >= 15 is 0 Å². The lowest BCUT2D eigenvalue weighted by molar-refractivity contribution is -0.141. The fraction of sp³-hybridized carbons (Fsp3) is 0.462. The molecule has 0 bridgehead atoms. The molecule has 2 rings (SSSR count). The van der Waals surface area contributed by atoms with Crippen molar-refractivity contribution in [2.45, 2.75) is 37.1 Å². The van der Waals surface area contributed by atoms with Crippen LogP contribution < -0.4 is 4.72 Å². The van der Waals surface area contributed by atoms with Crippen molar-refractivity contribution in [3.63, 3.8) is 0 Å². The van der Waals surface area contributed by atoms with Crippen LogP contribution in [0.5, 0.6) is 0 Å². The number of aliphatic carboxylic acids is 1. The number of carbonyl (C=O) groups is 1. The van der Waals surface area contributed by atoms with Crippen LogP contribution in [0.2, 0.25) is 0 Å². The quantitative estimate of drug-likeness (QED) is 0.877. The number of nitrogens with one attached hydrogen (secondary N) is 1. The van der Waals surface area contributed by atoms with Gasteiger partial charge in [-0.25, -0.2) is 13.1 Å². The summed E-state index contributed by atoms with van der Waals surface area (Å²) in [7, 11) is -3.65. The van der Waals surface area contributed by atoms with E-state index in [2.05, 4.69) is 4.72 Å². The van der Waals surface area contributed by atoms with Gasteiger partial charge in [-0.15, -0.1) is 0 Å². The first-order valence-electron chi connectivity index (χ1n) is 6.22. The molecular weight excluding hydrogens is 266 g/mol. The summed E-state index contributed by atoms with van der Waals surface area (Å²) < 4.78 is 26.9. The second kappa shape index (κ2) is 5.30. The van der Waals surface area contributed by atoms with Crippen LogP contribution in [0, 0.1) is 12.8 Å². The third-order valence-corrected chi connectivity index (χ3v) is 4.93. The molecule has 0 aromatic heterocycles. The molecule has 1 saturated carbocycles. The van der Waals surface area contributed by atoms with Gasteiger partial charge in [-0.3, -0.25) is 4.79 Å². The van der Waals surface area contributed by atoms with Crippen LogP contribution in [0.25, 0.3) is 0 Å². The molecule has 19 heavy (non-hydrogen) atoms. The summed E-state index contributed by atoms with van der Waals surface area (Å²) in [5.41, 5.74) is 0.851. The van der Waals surface area contributed by atoms with Gasteiger partial charge in [0, 0.05) is 6.04 Å². The molecule has 2 atom stereocenters. The fourth-order valence-electron chi connectivity index (χ4n) is 2.45. The molecule has 0 radical (unpaired) electrons. The predicted molar refractivity (Wildman–Crippen MR) is 70.3 cm³/mol. The van der Waals surface area contributed by atoms with E-state index in [-0.39, 0.29) is 4.90 Å². The summed E-state index contributed by atoms with van der Waals surface area (Å²) >= 11 is 0. The molecule has 1 aromatic rings. The van der Waals surface area contributed by atoms with Crippen molar-refractivity contribution in [1.29, 1.82) is 0 Å². The molecule has 6 heteroatoms. The van der Waals surface area contributed by atoms with E-state index in [1.807, 2.05) is 13.0 Å². The molecule has 2 N–H and O–H groups in total. The summed E-state index contributed by atoms with van der Waals surface area (Å²) in [4.78, 5) is 11.2. The van der Waals surface area contributed by atoms with Crippen LogP contribution in [0.3, 0.4) is 0 Å². The van der Waals surface area contributed by atoms with Gasteiger partial charge in [-0.2, -0.15) is 0 Å². The highest BCUT2D eigenvalue weighted by Gasteiger charge is 2.35. The smallest absolute Gasteiger partial charge is 0.308 e. The Morgan fingerprint density at radius 2 is 2.11 bits per heavy atom. The van der Waals surface area contributed by atoms with Crippen molar-refractivity contribution in [3.05, 3.63) is 29.8 Å². The average Bonchev–Trinajstić information content (AvgIpc) is 2.76. The van der Waals surface area contributed by atoms with Gasteiger partial charge in [-0.1, -0.05) is 18.6 Å². The van der Waals surface area contributed by atoms with Crippen LogP contribution in [0.4, 0.5) is 0 Å². The molecule has 0 amide bonds. The van der Waals surface area contributed by atoms with E-state index < -0.39 is 28.0 Å². The highest BCUT2D eigenvalue weighted by molar-refractivity contribution is 7.89. The molecule has 1 aromatic carbocycles. The van der Waals surface area contributed by atoms with Crippen LogP contribution in [-0.2, 0) is 14.8 Å². The van der Waals surface area contributed by atoms with Gasteiger partial charge in [0.2, 0.25) is 10.0 Å². The van der Waals surface area contributed by atoms with Gasteiger partial charge < -0.3 is 5.11 Å². The van der Waals surface area contributed by atoms with Crippen LogP contribution >= 0.6 is 0 Å². The van der Waals surface area contributed by atoms with Gasteiger partial charge in [0.15, 0.2) is 0 Å². The third kappa shape index (κ3) is 3.13. The predicted octanol–water partition coefficient (Wildman–Crippen LogP) is 1.53. The number of sulfonamides is 1. The Bertz CT molecular complexity index is 582. The number of rotatable bonds is 4. The summed E-state index contributed by atoms with van der Waals surface area (Å²) in [6.45, 7) is 1.81. The Hall–Kier alpha value is -1.40. The molecular formula is C13H17NO4S. The van der Waals surface area contributed by atoms with Crippen molar-refractivity contribution in [1.82, 2.24) is 4.72 Å². The van der Waals surface area contributed by atoms with Crippen molar-refractivity contribution < 1.29 is 18.3 Å². The van der Waals surface area contributed by atoms with Crippen molar-refractivity contribution in [2.75, 3.05) is 0 Å². The minimum atomic E-state index is -3.65. The maximum atomic E-state index is 12.2. The number of aryl methyl sites for hydroxylation is 1. The molecule has 1 aliphatic rings. The van der Waals surface area contributed by atoms with Crippen LogP contribution in [0.15, 0.2) is 29.2 Å². The summed E-state index contributed by atoms with van der Waals surface area (Å²) in [5.74, 6) is -1.56. The number of hydrogen-bond donors (Lipinski definition) is 2. The Kier molecular flexibility index (Phi) is 3.91. The molecule has 0 saturated heterocycles. The first-order chi connectivity index (χ1) is 8.90. The van der Waals surface area contributed by atoms with Gasteiger partial charge in [0.1, 0.15) is 0 Å². The Morgan fingerprint density at radius 3 is 2.74 bits per heavy atom. The first-order valence-corrected chi connectivity index (χ1v) is 7.70. The molecule has 1 aliphatic carbocycles. The average molecular weight is 283 g/mol. The SMILES string of the molecule is Cc1cccc(S(=O)(=O)NC2CCCC2C(=O)O)c1. The fourth-order valence-corrected chi connectivity index (χ4v) is 3.86. The van der Waals surface area contributed by atoms with Gasteiger partial charge in [0.05, 0.1) is 10.8 Å². The maximum absolute atomic E-state index is 12.2. The third-order valence-electron chi connectivity index (χ3n) is 3.44. The summed E-state index contributed by atoms with van der Waals surface area (Å²) in [6, 6.07) is 6.07. The molecule has 5 nitrogen and oxygen atoms in total. The van der Waals surface area contributed by atoms with E-state index in [4.69, 9.17) is 5.11 Å². The Balaban J connectivity index is 2.20. The minimum Gasteiger partial charge on any atom is -0.481 e. The van der Waals surface area contributed by atoms with E-state index in [9.17, 15) is 13.2 Å². The topological polar surface area (TPSA) is 83.5 Å². The van der Waals surface area contributed by atoms with E-state index in [0.29, 0.717) is 12.8 Å². The monoisotopic (exact) mass is 283 g/mol. The number of benzene rings is 1. The van der Waals surface area contributed by atoms with E-state index in [0.717, 1.165) is 12.0 Å².